The van der Waals surface area contributed by atoms with E-state index in [0.29, 0.717) is 6.61 Å². The van der Waals surface area contributed by atoms with Crippen LogP contribution in [0.5, 0.6) is 5.75 Å². The molecule has 1 aromatic carbocycles. The van der Waals surface area contributed by atoms with Crippen molar-refractivity contribution >= 4 is 23.4 Å². The molecule has 1 saturated heterocycles. The van der Waals surface area contributed by atoms with E-state index in [1.165, 1.54) is 0 Å². The Morgan fingerprint density at radius 1 is 1.47 bits per heavy atom. The third kappa shape index (κ3) is 3.40. The molecule has 1 unspecified atom stereocenters. The van der Waals surface area contributed by atoms with Gasteiger partial charge in [-0.25, -0.2) is 0 Å². The van der Waals surface area contributed by atoms with E-state index >= 15 is 0 Å². The molecule has 1 atom stereocenters. The smallest absolute Gasteiger partial charge is 0.228 e. The summed E-state index contributed by atoms with van der Waals surface area (Å²) in [5, 5.41) is 2.95. The number of benzene rings is 1. The molecule has 0 bridgehead atoms. The van der Waals surface area contributed by atoms with Gasteiger partial charge in [-0.05, 0) is 43.4 Å². The number of anilines is 1. The number of thioether (sulfide) groups is 1. The van der Waals surface area contributed by atoms with Crippen LogP contribution in [0, 0.1) is 5.92 Å². The molecule has 0 saturated carbocycles. The van der Waals surface area contributed by atoms with Crippen molar-refractivity contribution < 1.29 is 9.53 Å². The summed E-state index contributed by atoms with van der Waals surface area (Å²) in [5.41, 5.74) is 0.843. The van der Waals surface area contributed by atoms with Gasteiger partial charge in [0.1, 0.15) is 5.75 Å². The number of hydrogen-bond donors (Lipinski definition) is 1. The monoisotopic (exact) mass is 251 g/mol. The van der Waals surface area contributed by atoms with Crippen LogP contribution in [0.2, 0.25) is 0 Å². The molecule has 3 nitrogen and oxygen atoms in total. The lowest BCUT2D eigenvalue weighted by molar-refractivity contribution is -0.119. The molecule has 1 heterocycles. The second-order valence-electron chi connectivity index (χ2n) is 4.01. The van der Waals surface area contributed by atoms with E-state index in [-0.39, 0.29) is 11.8 Å². The fraction of sp³-hybridized carbons (Fsp3) is 0.462. The van der Waals surface area contributed by atoms with Gasteiger partial charge in [-0.2, -0.15) is 11.8 Å². The Morgan fingerprint density at radius 3 is 2.82 bits per heavy atom. The third-order valence-corrected chi connectivity index (χ3v) is 3.90. The van der Waals surface area contributed by atoms with Crippen molar-refractivity contribution in [3.63, 3.8) is 0 Å². The normalized spacial score (nSPS) is 19.0. The topological polar surface area (TPSA) is 38.3 Å². The Bertz CT molecular complexity index is 372. The first-order valence-electron chi connectivity index (χ1n) is 5.91. The van der Waals surface area contributed by atoms with Crippen LogP contribution in [0.1, 0.15) is 13.3 Å². The van der Waals surface area contributed by atoms with Crippen LogP contribution in [0.4, 0.5) is 5.69 Å². The zero-order valence-corrected chi connectivity index (χ0v) is 10.8. The fourth-order valence-electron chi connectivity index (χ4n) is 1.79. The Kier molecular flexibility index (Phi) is 4.31. The van der Waals surface area contributed by atoms with E-state index in [9.17, 15) is 4.79 Å². The maximum absolute atomic E-state index is 11.9. The molecular weight excluding hydrogens is 234 g/mol. The zero-order chi connectivity index (χ0) is 12.1. The van der Waals surface area contributed by atoms with Crippen LogP contribution in [0.15, 0.2) is 24.3 Å². The fourth-order valence-corrected chi connectivity index (χ4v) is 3.01. The summed E-state index contributed by atoms with van der Waals surface area (Å²) >= 11 is 1.85. The number of carbonyl (C=O) groups is 1. The second-order valence-corrected chi connectivity index (χ2v) is 5.16. The maximum Gasteiger partial charge on any atom is 0.228 e. The lowest BCUT2D eigenvalue weighted by Crippen LogP contribution is -2.22. The minimum Gasteiger partial charge on any atom is -0.494 e. The molecule has 2 rings (SSSR count). The van der Waals surface area contributed by atoms with Crippen LogP contribution in [-0.2, 0) is 4.79 Å². The van der Waals surface area contributed by atoms with Gasteiger partial charge in [0.25, 0.3) is 0 Å². The highest BCUT2D eigenvalue weighted by Crippen LogP contribution is 2.25. The first-order chi connectivity index (χ1) is 8.29. The van der Waals surface area contributed by atoms with Gasteiger partial charge in [-0.3, -0.25) is 4.79 Å². The molecule has 0 aliphatic carbocycles. The largest absolute Gasteiger partial charge is 0.494 e. The van der Waals surface area contributed by atoms with Gasteiger partial charge in [0.05, 0.1) is 6.61 Å². The van der Waals surface area contributed by atoms with Crippen LogP contribution in [-0.4, -0.2) is 24.0 Å². The van der Waals surface area contributed by atoms with E-state index in [2.05, 4.69) is 5.32 Å². The molecule has 17 heavy (non-hydrogen) atoms. The minimum absolute atomic E-state index is 0.138. The Morgan fingerprint density at radius 2 is 2.24 bits per heavy atom. The number of hydrogen-bond acceptors (Lipinski definition) is 3. The molecular formula is C13H17NO2S. The molecule has 1 aliphatic rings. The highest BCUT2D eigenvalue weighted by atomic mass is 32.2. The van der Waals surface area contributed by atoms with E-state index < -0.39 is 0 Å². The zero-order valence-electron chi connectivity index (χ0n) is 9.94. The molecule has 0 aromatic heterocycles. The van der Waals surface area contributed by atoms with Crippen molar-refractivity contribution in [1.82, 2.24) is 0 Å². The molecule has 1 aliphatic heterocycles. The summed E-state index contributed by atoms with van der Waals surface area (Å²) in [6, 6.07) is 7.51. The Balaban J connectivity index is 1.91. The molecule has 1 amide bonds. The first kappa shape index (κ1) is 12.3. The number of ether oxygens (including phenoxy) is 1. The molecule has 0 radical (unpaired) electrons. The van der Waals surface area contributed by atoms with E-state index in [1.807, 2.05) is 43.0 Å². The van der Waals surface area contributed by atoms with Crippen LogP contribution in [0.3, 0.4) is 0 Å². The summed E-state index contributed by atoms with van der Waals surface area (Å²) < 4.78 is 5.35. The lowest BCUT2D eigenvalue weighted by atomic mass is 10.1. The second kappa shape index (κ2) is 5.96. The third-order valence-electron chi connectivity index (χ3n) is 2.73. The molecule has 92 valence electrons. The lowest BCUT2D eigenvalue weighted by Gasteiger charge is -2.10. The van der Waals surface area contributed by atoms with Crippen LogP contribution < -0.4 is 10.1 Å². The summed E-state index contributed by atoms with van der Waals surface area (Å²) in [6.07, 6.45) is 0.994. The highest BCUT2D eigenvalue weighted by Gasteiger charge is 2.22. The molecule has 4 heteroatoms. The van der Waals surface area contributed by atoms with Crippen molar-refractivity contribution in [3.8, 4) is 5.75 Å². The quantitative estimate of drug-likeness (QED) is 0.894. The Hall–Kier alpha value is -1.16. The van der Waals surface area contributed by atoms with E-state index in [1.54, 1.807) is 0 Å². The van der Waals surface area contributed by atoms with Gasteiger partial charge in [-0.1, -0.05) is 0 Å². The van der Waals surface area contributed by atoms with Gasteiger partial charge >= 0.3 is 0 Å². The average molecular weight is 251 g/mol. The summed E-state index contributed by atoms with van der Waals surface area (Å²) in [7, 11) is 0. The van der Waals surface area contributed by atoms with Crippen molar-refractivity contribution in [1.29, 1.82) is 0 Å². The first-order valence-corrected chi connectivity index (χ1v) is 7.06. The van der Waals surface area contributed by atoms with Crippen molar-refractivity contribution in [3.05, 3.63) is 24.3 Å². The number of nitrogens with one attached hydrogen (secondary N) is 1. The van der Waals surface area contributed by atoms with Gasteiger partial charge in [0.15, 0.2) is 0 Å². The van der Waals surface area contributed by atoms with E-state index in [4.69, 9.17) is 4.74 Å². The molecule has 1 N–H and O–H groups in total. The minimum atomic E-state index is 0.138. The van der Waals surface area contributed by atoms with Crippen molar-refractivity contribution in [2.75, 3.05) is 23.4 Å². The van der Waals surface area contributed by atoms with Gasteiger partial charge in [0, 0.05) is 17.4 Å². The Labute approximate surface area is 106 Å². The standard InChI is InChI=1S/C13H17NO2S/c1-2-16-12-5-3-11(4-6-12)14-13(15)10-7-8-17-9-10/h3-6,10H,2,7-9H2,1H3,(H,14,15). The summed E-state index contributed by atoms with van der Waals surface area (Å²) in [4.78, 5) is 11.9. The predicted molar refractivity (Wildman–Crippen MR) is 71.7 cm³/mol. The van der Waals surface area contributed by atoms with Crippen LogP contribution >= 0.6 is 11.8 Å². The molecule has 1 fully saturated rings. The summed E-state index contributed by atoms with van der Waals surface area (Å²) in [5.74, 6) is 3.19. The number of amides is 1. The van der Waals surface area contributed by atoms with E-state index in [0.717, 1.165) is 29.4 Å². The molecule has 1 aromatic rings. The summed E-state index contributed by atoms with van der Waals surface area (Å²) in [6.45, 7) is 2.61. The average Bonchev–Trinajstić information content (AvgIpc) is 2.86. The van der Waals surface area contributed by atoms with Gasteiger partial charge < -0.3 is 10.1 Å². The number of rotatable bonds is 4. The predicted octanol–water partition coefficient (Wildman–Crippen LogP) is 2.78. The number of carbonyl (C=O) groups excluding carboxylic acids is 1. The van der Waals surface area contributed by atoms with Crippen molar-refractivity contribution in [2.24, 2.45) is 5.92 Å². The van der Waals surface area contributed by atoms with Gasteiger partial charge in [-0.15, -0.1) is 0 Å². The highest BCUT2D eigenvalue weighted by molar-refractivity contribution is 7.99. The molecule has 0 spiro atoms. The SMILES string of the molecule is CCOc1ccc(NC(=O)C2CCSC2)cc1. The van der Waals surface area contributed by atoms with Crippen LogP contribution in [0.25, 0.3) is 0 Å². The van der Waals surface area contributed by atoms with Crippen molar-refractivity contribution in [2.45, 2.75) is 13.3 Å². The maximum atomic E-state index is 11.9. The van der Waals surface area contributed by atoms with Gasteiger partial charge in [0.2, 0.25) is 5.91 Å².